The van der Waals surface area contributed by atoms with Crippen molar-refractivity contribution < 1.29 is 14.3 Å². The van der Waals surface area contributed by atoms with Crippen LogP contribution in [-0.2, 0) is 4.79 Å². The smallest absolute Gasteiger partial charge is 0.322 e. The van der Waals surface area contributed by atoms with E-state index in [0.29, 0.717) is 28.1 Å². The van der Waals surface area contributed by atoms with Crippen molar-refractivity contribution in [2.24, 2.45) is 0 Å². The van der Waals surface area contributed by atoms with E-state index in [9.17, 15) is 9.59 Å². The fourth-order valence-corrected chi connectivity index (χ4v) is 4.47. The lowest BCUT2D eigenvalue weighted by Gasteiger charge is -2.31. The molecule has 4 rings (SSSR count). The number of nitrogens with one attached hydrogen (secondary N) is 2. The number of hydrogen-bond acceptors (Lipinski definition) is 5. The summed E-state index contributed by atoms with van der Waals surface area (Å²) in [5, 5.41) is 5.73. The van der Waals surface area contributed by atoms with Crippen LogP contribution in [-0.4, -0.2) is 35.5 Å². The van der Waals surface area contributed by atoms with Gasteiger partial charge in [-0.1, -0.05) is 42.9 Å². The average Bonchev–Trinajstić information content (AvgIpc) is 3.24. The van der Waals surface area contributed by atoms with Gasteiger partial charge in [-0.3, -0.25) is 9.69 Å². The zero-order valence-corrected chi connectivity index (χ0v) is 15.8. The number of amides is 3. The number of thiocarbonyl (C=S) groups is 1. The summed E-state index contributed by atoms with van der Waals surface area (Å²) in [5.74, 6) is 0.490. The van der Waals surface area contributed by atoms with Crippen LogP contribution in [0.4, 0.5) is 10.5 Å². The Kier molecular flexibility index (Phi) is 4.86. The molecule has 0 spiro atoms. The molecule has 6 nitrogen and oxygen atoms in total. The number of carbonyl (C=O) groups excluding carboxylic acids is 2. The van der Waals surface area contributed by atoms with Gasteiger partial charge in [0, 0.05) is 6.04 Å². The second-order valence-electron chi connectivity index (χ2n) is 6.51. The SMILES string of the molecule is O=C1NC(=S)SC1=Cc1ccc2c(c1)N(C(=O)NC1CCCC1)CCO2. The van der Waals surface area contributed by atoms with Crippen molar-refractivity contribution in [3.8, 4) is 5.75 Å². The van der Waals surface area contributed by atoms with Crippen molar-refractivity contribution in [3.63, 3.8) is 0 Å². The van der Waals surface area contributed by atoms with Gasteiger partial charge in [-0.25, -0.2) is 4.79 Å². The van der Waals surface area contributed by atoms with Crippen LogP contribution >= 0.6 is 24.0 Å². The van der Waals surface area contributed by atoms with Gasteiger partial charge in [0.2, 0.25) is 0 Å². The Bertz CT molecular complexity index is 803. The van der Waals surface area contributed by atoms with Crippen LogP contribution in [0.25, 0.3) is 6.08 Å². The van der Waals surface area contributed by atoms with E-state index in [1.165, 1.54) is 24.6 Å². The molecule has 0 atom stereocenters. The van der Waals surface area contributed by atoms with Gasteiger partial charge in [-0.15, -0.1) is 0 Å². The van der Waals surface area contributed by atoms with Crippen molar-refractivity contribution in [1.82, 2.24) is 10.6 Å². The number of anilines is 1. The third-order valence-corrected chi connectivity index (χ3v) is 5.88. The van der Waals surface area contributed by atoms with E-state index in [-0.39, 0.29) is 18.0 Å². The largest absolute Gasteiger partial charge is 0.490 e. The van der Waals surface area contributed by atoms with Crippen LogP contribution < -0.4 is 20.3 Å². The summed E-state index contributed by atoms with van der Waals surface area (Å²) in [7, 11) is 0. The molecule has 2 aliphatic heterocycles. The van der Waals surface area contributed by atoms with Crippen LogP contribution in [0.2, 0.25) is 0 Å². The molecule has 8 heteroatoms. The first kappa shape index (κ1) is 17.4. The topological polar surface area (TPSA) is 70.7 Å². The molecule has 26 heavy (non-hydrogen) atoms. The lowest BCUT2D eigenvalue weighted by Crippen LogP contribution is -2.47. The van der Waals surface area contributed by atoms with Crippen LogP contribution in [0.1, 0.15) is 31.2 Å². The summed E-state index contributed by atoms with van der Waals surface area (Å²) < 4.78 is 6.15. The quantitative estimate of drug-likeness (QED) is 0.601. The number of urea groups is 1. The summed E-state index contributed by atoms with van der Waals surface area (Å²) in [6.07, 6.45) is 6.21. The summed E-state index contributed by atoms with van der Waals surface area (Å²) >= 11 is 6.26. The van der Waals surface area contributed by atoms with Gasteiger partial charge in [-0.05, 0) is 36.6 Å². The standard InChI is InChI=1S/C18H19N3O3S2/c22-16-15(26-18(25)20-16)10-11-5-6-14-13(9-11)21(7-8-24-14)17(23)19-12-3-1-2-4-12/h5-6,9-10,12H,1-4,7-8H2,(H,19,23)(H,20,22,25). The molecule has 0 unspecified atom stereocenters. The van der Waals surface area contributed by atoms with Gasteiger partial charge in [0.1, 0.15) is 16.7 Å². The maximum absolute atomic E-state index is 12.7. The molecule has 1 saturated heterocycles. The van der Waals surface area contributed by atoms with Gasteiger partial charge < -0.3 is 15.4 Å². The van der Waals surface area contributed by atoms with E-state index in [0.717, 1.165) is 24.1 Å². The summed E-state index contributed by atoms with van der Waals surface area (Å²) in [5.41, 5.74) is 1.56. The number of carbonyl (C=O) groups is 2. The highest BCUT2D eigenvalue weighted by atomic mass is 32.2. The Balaban J connectivity index is 1.58. The van der Waals surface area contributed by atoms with Crippen molar-refractivity contribution >= 4 is 52.0 Å². The van der Waals surface area contributed by atoms with Crippen molar-refractivity contribution in [2.45, 2.75) is 31.7 Å². The molecule has 1 aliphatic carbocycles. The molecule has 2 heterocycles. The molecule has 2 N–H and O–H groups in total. The molecule has 2 fully saturated rings. The summed E-state index contributed by atoms with van der Waals surface area (Å²) in [6, 6.07) is 5.77. The molecular formula is C18H19N3O3S2. The average molecular weight is 390 g/mol. The second-order valence-corrected chi connectivity index (χ2v) is 8.23. The monoisotopic (exact) mass is 389 g/mol. The first-order chi connectivity index (χ1) is 12.6. The molecule has 1 saturated carbocycles. The van der Waals surface area contributed by atoms with Gasteiger partial charge >= 0.3 is 6.03 Å². The normalized spacial score (nSPS) is 21.5. The summed E-state index contributed by atoms with van der Waals surface area (Å²) in [4.78, 5) is 26.9. The molecule has 1 aromatic rings. The van der Waals surface area contributed by atoms with Crippen LogP contribution in [0.3, 0.4) is 0 Å². The second kappa shape index (κ2) is 7.28. The molecule has 1 aromatic carbocycles. The Morgan fingerprint density at radius 3 is 2.92 bits per heavy atom. The minimum absolute atomic E-state index is 0.0829. The maximum Gasteiger partial charge on any atom is 0.322 e. The molecule has 3 amide bonds. The van der Waals surface area contributed by atoms with E-state index in [4.69, 9.17) is 17.0 Å². The lowest BCUT2D eigenvalue weighted by molar-refractivity contribution is -0.115. The highest BCUT2D eigenvalue weighted by Gasteiger charge is 2.27. The van der Waals surface area contributed by atoms with E-state index >= 15 is 0 Å². The number of nitrogens with zero attached hydrogens (tertiary/aromatic N) is 1. The molecule has 0 aromatic heterocycles. The highest BCUT2D eigenvalue weighted by molar-refractivity contribution is 8.26. The fourth-order valence-electron chi connectivity index (χ4n) is 3.43. The molecule has 0 bridgehead atoms. The summed E-state index contributed by atoms with van der Waals surface area (Å²) in [6.45, 7) is 0.975. The number of fused-ring (bicyclic) bond motifs is 1. The van der Waals surface area contributed by atoms with Crippen LogP contribution in [0.15, 0.2) is 23.1 Å². The van der Waals surface area contributed by atoms with E-state index < -0.39 is 0 Å². The first-order valence-electron chi connectivity index (χ1n) is 8.70. The van der Waals surface area contributed by atoms with Crippen LogP contribution in [0, 0.1) is 0 Å². The fraction of sp³-hybridized carbons (Fsp3) is 0.389. The minimum atomic E-state index is -0.190. The molecular weight excluding hydrogens is 370 g/mol. The first-order valence-corrected chi connectivity index (χ1v) is 9.92. The van der Waals surface area contributed by atoms with Crippen molar-refractivity contribution in [3.05, 3.63) is 28.7 Å². The van der Waals surface area contributed by atoms with Gasteiger partial charge in [0.15, 0.2) is 0 Å². The number of thioether (sulfide) groups is 1. The molecule has 136 valence electrons. The number of hydrogen-bond donors (Lipinski definition) is 2. The zero-order valence-electron chi connectivity index (χ0n) is 14.1. The van der Waals surface area contributed by atoms with Gasteiger partial charge in [-0.2, -0.15) is 0 Å². The van der Waals surface area contributed by atoms with Gasteiger partial charge in [0.05, 0.1) is 17.1 Å². The van der Waals surface area contributed by atoms with Gasteiger partial charge in [0.25, 0.3) is 5.91 Å². The third kappa shape index (κ3) is 3.57. The maximum atomic E-state index is 12.7. The Morgan fingerprint density at radius 1 is 1.38 bits per heavy atom. The lowest BCUT2D eigenvalue weighted by atomic mass is 10.1. The Hall–Kier alpha value is -2.06. The number of benzene rings is 1. The Morgan fingerprint density at radius 2 is 2.19 bits per heavy atom. The van der Waals surface area contributed by atoms with Crippen molar-refractivity contribution in [1.29, 1.82) is 0 Å². The predicted octanol–water partition coefficient (Wildman–Crippen LogP) is 3.03. The third-order valence-electron chi connectivity index (χ3n) is 4.71. The van der Waals surface area contributed by atoms with Crippen LogP contribution in [0.5, 0.6) is 5.75 Å². The minimum Gasteiger partial charge on any atom is -0.490 e. The molecule has 3 aliphatic rings. The number of ether oxygens (including phenoxy) is 1. The molecule has 0 radical (unpaired) electrons. The zero-order chi connectivity index (χ0) is 18.1. The van der Waals surface area contributed by atoms with E-state index in [2.05, 4.69) is 10.6 Å². The number of rotatable bonds is 2. The highest BCUT2D eigenvalue weighted by Crippen LogP contribution is 2.34. The van der Waals surface area contributed by atoms with Crippen molar-refractivity contribution in [2.75, 3.05) is 18.1 Å². The van der Waals surface area contributed by atoms with E-state index in [1.54, 1.807) is 11.0 Å². The Labute approximate surface area is 161 Å². The predicted molar refractivity (Wildman–Crippen MR) is 106 cm³/mol. The van der Waals surface area contributed by atoms with E-state index in [1.807, 2.05) is 18.2 Å².